The van der Waals surface area contributed by atoms with Gasteiger partial charge in [0.1, 0.15) is 16.5 Å². The first-order chi connectivity index (χ1) is 9.24. The van der Waals surface area contributed by atoms with E-state index in [0.717, 1.165) is 10.2 Å². The molecule has 96 valence electrons. The van der Waals surface area contributed by atoms with Gasteiger partial charge < -0.3 is 5.32 Å². The summed E-state index contributed by atoms with van der Waals surface area (Å²) in [6, 6.07) is 8.55. The molecule has 0 saturated heterocycles. The van der Waals surface area contributed by atoms with E-state index in [-0.39, 0.29) is 11.1 Å². The van der Waals surface area contributed by atoms with E-state index in [9.17, 15) is 4.39 Å². The van der Waals surface area contributed by atoms with E-state index in [0.29, 0.717) is 17.9 Å². The van der Waals surface area contributed by atoms with E-state index >= 15 is 0 Å². The molecule has 0 aliphatic rings. The number of halogens is 2. The van der Waals surface area contributed by atoms with Gasteiger partial charge in [-0.15, -0.1) is 11.3 Å². The minimum Gasteiger partial charge on any atom is -0.365 e. The van der Waals surface area contributed by atoms with Gasteiger partial charge in [0.2, 0.25) is 5.28 Å². The average molecular weight is 294 g/mol. The normalized spacial score (nSPS) is 10.8. The van der Waals surface area contributed by atoms with Gasteiger partial charge in [-0.05, 0) is 29.1 Å². The molecule has 0 fully saturated rings. The molecule has 0 spiro atoms. The number of aromatic nitrogens is 2. The van der Waals surface area contributed by atoms with Gasteiger partial charge in [0.15, 0.2) is 0 Å². The van der Waals surface area contributed by atoms with Crippen molar-refractivity contribution in [1.82, 2.24) is 9.97 Å². The van der Waals surface area contributed by atoms with Gasteiger partial charge in [-0.2, -0.15) is 0 Å². The summed E-state index contributed by atoms with van der Waals surface area (Å²) >= 11 is 7.35. The number of nitrogens with zero attached hydrogens (tertiary/aromatic N) is 2. The van der Waals surface area contributed by atoms with Crippen molar-refractivity contribution in [2.45, 2.75) is 6.54 Å². The number of nitrogens with one attached hydrogen (secondary N) is 1. The second kappa shape index (κ2) is 5.11. The van der Waals surface area contributed by atoms with Crippen molar-refractivity contribution in [2.24, 2.45) is 0 Å². The first-order valence-corrected chi connectivity index (χ1v) is 6.88. The van der Waals surface area contributed by atoms with Crippen LogP contribution in [0.4, 0.5) is 10.2 Å². The van der Waals surface area contributed by atoms with Gasteiger partial charge in [0, 0.05) is 12.1 Å². The fourth-order valence-corrected chi connectivity index (χ4v) is 2.77. The molecule has 0 radical (unpaired) electrons. The smallest absolute Gasteiger partial charge is 0.225 e. The second-order valence-corrected chi connectivity index (χ2v) is 5.16. The van der Waals surface area contributed by atoms with Crippen molar-refractivity contribution in [1.29, 1.82) is 0 Å². The fourth-order valence-electron chi connectivity index (χ4n) is 1.78. The lowest BCUT2D eigenvalue weighted by Crippen LogP contribution is -2.04. The van der Waals surface area contributed by atoms with Gasteiger partial charge >= 0.3 is 0 Å². The van der Waals surface area contributed by atoms with Gasteiger partial charge in [-0.25, -0.2) is 14.4 Å². The summed E-state index contributed by atoms with van der Waals surface area (Å²) in [6.45, 7) is 0.352. The van der Waals surface area contributed by atoms with E-state index in [1.807, 2.05) is 11.4 Å². The Hall–Kier alpha value is -1.72. The molecule has 0 aliphatic carbocycles. The Kier molecular flexibility index (Phi) is 3.31. The van der Waals surface area contributed by atoms with Crippen LogP contribution in [-0.2, 0) is 6.54 Å². The molecule has 2 aromatic heterocycles. The van der Waals surface area contributed by atoms with Gasteiger partial charge in [-0.1, -0.05) is 18.2 Å². The Bertz CT molecular complexity index is 729. The zero-order valence-electron chi connectivity index (χ0n) is 9.73. The van der Waals surface area contributed by atoms with Crippen molar-refractivity contribution in [3.63, 3.8) is 0 Å². The highest BCUT2D eigenvalue weighted by molar-refractivity contribution is 7.16. The zero-order valence-corrected chi connectivity index (χ0v) is 11.3. The Morgan fingerprint density at radius 1 is 1.21 bits per heavy atom. The summed E-state index contributed by atoms with van der Waals surface area (Å²) in [7, 11) is 0. The quantitative estimate of drug-likeness (QED) is 0.739. The SMILES string of the molecule is Fc1ccccc1CNc1nc(Cl)nc2sccc12. The Labute approximate surface area is 118 Å². The molecule has 2 heterocycles. The molecule has 0 unspecified atom stereocenters. The number of fused-ring (bicyclic) bond motifs is 1. The number of anilines is 1. The molecule has 0 amide bonds. The van der Waals surface area contributed by atoms with Crippen LogP contribution in [0.25, 0.3) is 10.2 Å². The Morgan fingerprint density at radius 3 is 2.89 bits per heavy atom. The predicted molar refractivity (Wildman–Crippen MR) is 76.2 cm³/mol. The van der Waals surface area contributed by atoms with E-state index in [4.69, 9.17) is 11.6 Å². The number of hydrogen-bond donors (Lipinski definition) is 1. The van der Waals surface area contributed by atoms with Crippen LogP contribution in [0.3, 0.4) is 0 Å². The molecular formula is C13H9ClFN3S. The summed E-state index contributed by atoms with van der Waals surface area (Å²) < 4.78 is 13.5. The highest BCUT2D eigenvalue weighted by atomic mass is 35.5. The molecule has 6 heteroatoms. The summed E-state index contributed by atoms with van der Waals surface area (Å²) in [5.41, 5.74) is 0.584. The largest absolute Gasteiger partial charge is 0.365 e. The molecular weight excluding hydrogens is 285 g/mol. The average Bonchev–Trinajstić information content (AvgIpc) is 2.85. The third-order valence-electron chi connectivity index (χ3n) is 2.70. The molecule has 0 aliphatic heterocycles. The number of hydrogen-bond acceptors (Lipinski definition) is 4. The summed E-state index contributed by atoms with van der Waals surface area (Å²) in [6.07, 6.45) is 0. The minimum absolute atomic E-state index is 0.186. The van der Waals surface area contributed by atoms with Crippen molar-refractivity contribution in [3.8, 4) is 0 Å². The van der Waals surface area contributed by atoms with E-state index < -0.39 is 0 Å². The third-order valence-corrected chi connectivity index (χ3v) is 3.68. The summed E-state index contributed by atoms with van der Waals surface area (Å²) in [4.78, 5) is 9.09. The molecule has 1 N–H and O–H groups in total. The van der Waals surface area contributed by atoms with Gasteiger partial charge in [0.25, 0.3) is 0 Å². The fraction of sp³-hybridized carbons (Fsp3) is 0.0769. The van der Waals surface area contributed by atoms with Crippen molar-refractivity contribution in [3.05, 3.63) is 52.4 Å². The van der Waals surface area contributed by atoms with Gasteiger partial charge in [0.05, 0.1) is 5.39 Å². The molecule has 3 rings (SSSR count). The maximum absolute atomic E-state index is 13.5. The second-order valence-electron chi connectivity index (χ2n) is 3.93. The lowest BCUT2D eigenvalue weighted by molar-refractivity contribution is 0.613. The Morgan fingerprint density at radius 2 is 2.05 bits per heavy atom. The van der Waals surface area contributed by atoms with Crippen LogP contribution in [0, 0.1) is 5.82 Å². The molecule has 0 atom stereocenters. The molecule has 3 nitrogen and oxygen atoms in total. The molecule has 0 bridgehead atoms. The predicted octanol–water partition coefficient (Wildman–Crippen LogP) is 4.10. The maximum Gasteiger partial charge on any atom is 0.225 e. The summed E-state index contributed by atoms with van der Waals surface area (Å²) in [5.74, 6) is 0.385. The monoisotopic (exact) mass is 293 g/mol. The molecule has 3 aromatic rings. The number of rotatable bonds is 3. The maximum atomic E-state index is 13.5. The highest BCUT2D eigenvalue weighted by Crippen LogP contribution is 2.26. The van der Waals surface area contributed by atoms with Crippen LogP contribution in [0.5, 0.6) is 0 Å². The first kappa shape index (κ1) is 12.3. The lowest BCUT2D eigenvalue weighted by atomic mass is 10.2. The van der Waals surface area contributed by atoms with Crippen LogP contribution in [0.1, 0.15) is 5.56 Å². The van der Waals surface area contributed by atoms with Gasteiger partial charge in [-0.3, -0.25) is 0 Å². The lowest BCUT2D eigenvalue weighted by Gasteiger charge is -2.07. The first-order valence-electron chi connectivity index (χ1n) is 5.62. The van der Waals surface area contributed by atoms with Crippen molar-refractivity contribution >= 4 is 39.0 Å². The highest BCUT2D eigenvalue weighted by Gasteiger charge is 2.08. The van der Waals surface area contributed by atoms with E-state index in [2.05, 4.69) is 15.3 Å². The van der Waals surface area contributed by atoms with Crippen LogP contribution < -0.4 is 5.32 Å². The van der Waals surface area contributed by atoms with E-state index in [1.165, 1.54) is 17.4 Å². The van der Waals surface area contributed by atoms with Crippen LogP contribution in [-0.4, -0.2) is 9.97 Å². The van der Waals surface area contributed by atoms with Crippen molar-refractivity contribution < 1.29 is 4.39 Å². The number of benzene rings is 1. The van der Waals surface area contributed by atoms with Crippen LogP contribution in [0.15, 0.2) is 35.7 Å². The minimum atomic E-state index is -0.239. The topological polar surface area (TPSA) is 37.8 Å². The molecule has 0 saturated carbocycles. The van der Waals surface area contributed by atoms with E-state index in [1.54, 1.807) is 18.2 Å². The van der Waals surface area contributed by atoms with Crippen molar-refractivity contribution in [2.75, 3.05) is 5.32 Å². The zero-order chi connectivity index (χ0) is 13.2. The summed E-state index contributed by atoms with van der Waals surface area (Å²) in [5, 5.41) is 6.10. The number of thiophene rings is 1. The van der Waals surface area contributed by atoms with Crippen LogP contribution in [0.2, 0.25) is 5.28 Å². The molecule has 1 aromatic carbocycles. The standard InChI is InChI=1S/C13H9ClFN3S/c14-13-17-11(9-5-6-19-12(9)18-13)16-7-8-3-1-2-4-10(8)15/h1-6H,7H2,(H,16,17,18). The molecule has 19 heavy (non-hydrogen) atoms. The van der Waals surface area contributed by atoms with Crippen LogP contribution >= 0.6 is 22.9 Å². The Balaban J connectivity index is 1.90. The third kappa shape index (κ3) is 2.52.